The van der Waals surface area contributed by atoms with Gasteiger partial charge in [0, 0.05) is 23.9 Å². The van der Waals surface area contributed by atoms with Crippen molar-refractivity contribution in [2.45, 2.75) is 71.2 Å². The fourth-order valence-electron chi connectivity index (χ4n) is 4.09. The van der Waals surface area contributed by atoms with Crippen molar-refractivity contribution in [1.82, 2.24) is 4.90 Å². The summed E-state index contributed by atoms with van der Waals surface area (Å²) in [6, 6.07) is 0. The third-order valence-electron chi connectivity index (χ3n) is 5.72. The highest BCUT2D eigenvalue weighted by atomic mass is 16.7. The summed E-state index contributed by atoms with van der Waals surface area (Å²) in [4.78, 5) is 27.4. The van der Waals surface area contributed by atoms with Crippen LogP contribution in [0, 0.1) is 5.41 Å². The Bertz CT molecular complexity index is 508. The van der Waals surface area contributed by atoms with Crippen LogP contribution in [0.4, 0.5) is 0 Å². The van der Waals surface area contributed by atoms with Crippen molar-refractivity contribution in [3.8, 4) is 0 Å². The van der Waals surface area contributed by atoms with Gasteiger partial charge in [0.15, 0.2) is 5.79 Å². The number of carbonyl (C=O) groups is 2. The number of hydrogen-bond donors (Lipinski definition) is 0. The first-order chi connectivity index (χ1) is 11.9. The molecule has 2 aliphatic rings. The zero-order valence-electron chi connectivity index (χ0n) is 17.1. The van der Waals surface area contributed by atoms with Gasteiger partial charge in [0.25, 0.3) is 0 Å². The van der Waals surface area contributed by atoms with Gasteiger partial charge in [-0.05, 0) is 48.6 Å². The molecule has 0 unspecified atom stereocenters. The fourth-order valence-corrected chi connectivity index (χ4v) is 4.09. The molecule has 26 heavy (non-hydrogen) atoms. The van der Waals surface area contributed by atoms with E-state index in [0.717, 1.165) is 0 Å². The fraction of sp³-hybridized carbons (Fsp3) is 0.895. The highest BCUT2D eigenvalue weighted by Gasteiger charge is 2.60. The molecule has 150 valence electrons. The van der Waals surface area contributed by atoms with Crippen molar-refractivity contribution in [3.05, 3.63) is 0 Å². The highest BCUT2D eigenvalue weighted by molar-refractivity contribution is 6.00. The van der Waals surface area contributed by atoms with E-state index < -0.39 is 23.1 Å². The van der Waals surface area contributed by atoms with Gasteiger partial charge in [-0.3, -0.25) is 14.5 Å². The van der Waals surface area contributed by atoms with Gasteiger partial charge in [0.05, 0.1) is 26.4 Å². The second-order valence-electron chi connectivity index (χ2n) is 8.55. The van der Waals surface area contributed by atoms with Gasteiger partial charge in [0.1, 0.15) is 0 Å². The number of carbonyl (C=O) groups excluding carboxylic acids is 2. The number of likely N-dealkylation sites (tertiary alicyclic amines) is 1. The molecule has 0 N–H and O–H groups in total. The minimum atomic E-state index is -1.56. The Morgan fingerprint density at radius 3 is 1.62 bits per heavy atom. The van der Waals surface area contributed by atoms with Crippen LogP contribution in [0.1, 0.15) is 54.4 Å². The average molecular weight is 371 g/mol. The molecule has 2 heterocycles. The Hall–Kier alpha value is -1.18. The number of rotatable bonds is 4. The minimum absolute atomic E-state index is 0.0967. The Kier molecular flexibility index (Phi) is 5.76. The Morgan fingerprint density at radius 1 is 0.885 bits per heavy atom. The smallest absolute Gasteiger partial charge is 0.328 e. The van der Waals surface area contributed by atoms with Crippen LogP contribution in [0.3, 0.4) is 0 Å². The van der Waals surface area contributed by atoms with Crippen molar-refractivity contribution >= 4 is 11.9 Å². The topological polar surface area (TPSA) is 74.3 Å². The van der Waals surface area contributed by atoms with Crippen LogP contribution in [0.25, 0.3) is 0 Å². The standard InChI is InChI=1S/C19H33NO6/c1-8-23-14(21)18(15(22)24-9-2)12-25-19(26-13-18)10-16(3,4)20(7)17(5,6)11-19/h8-13H2,1-7H3. The first-order valence-electron chi connectivity index (χ1n) is 9.31. The van der Waals surface area contributed by atoms with E-state index in [1.165, 1.54) is 0 Å². The normalized spacial score (nSPS) is 26.3. The summed E-state index contributed by atoms with van der Waals surface area (Å²) in [5.41, 5.74) is -1.87. The summed E-state index contributed by atoms with van der Waals surface area (Å²) in [6.45, 7) is 12.1. The maximum Gasteiger partial charge on any atom is 0.328 e. The lowest BCUT2D eigenvalue weighted by atomic mass is 9.75. The van der Waals surface area contributed by atoms with Crippen LogP contribution in [-0.4, -0.2) is 67.2 Å². The molecule has 7 heteroatoms. The molecule has 0 atom stereocenters. The van der Waals surface area contributed by atoms with Crippen molar-refractivity contribution < 1.29 is 28.5 Å². The zero-order chi connectivity index (χ0) is 19.8. The molecule has 0 aromatic rings. The Labute approximate surface area is 156 Å². The maximum atomic E-state index is 12.5. The molecule has 2 rings (SSSR count). The number of piperidine rings is 1. The van der Waals surface area contributed by atoms with E-state index >= 15 is 0 Å². The average Bonchev–Trinajstić information content (AvgIpc) is 2.53. The van der Waals surface area contributed by atoms with Crippen LogP contribution < -0.4 is 0 Å². The first-order valence-corrected chi connectivity index (χ1v) is 9.31. The van der Waals surface area contributed by atoms with E-state index in [-0.39, 0.29) is 37.5 Å². The quantitative estimate of drug-likeness (QED) is 0.553. The minimum Gasteiger partial charge on any atom is -0.465 e. The van der Waals surface area contributed by atoms with Crippen LogP contribution in [0.2, 0.25) is 0 Å². The summed E-state index contributed by atoms with van der Waals surface area (Å²) in [5.74, 6) is -2.14. The number of esters is 2. The molecule has 0 bridgehead atoms. The molecule has 0 aromatic carbocycles. The lowest BCUT2D eigenvalue weighted by Crippen LogP contribution is -2.68. The summed E-state index contributed by atoms with van der Waals surface area (Å²) in [7, 11) is 2.09. The van der Waals surface area contributed by atoms with E-state index in [9.17, 15) is 9.59 Å². The molecule has 1 spiro atoms. The van der Waals surface area contributed by atoms with Gasteiger partial charge >= 0.3 is 11.9 Å². The first kappa shape index (κ1) is 21.1. The van der Waals surface area contributed by atoms with E-state index in [0.29, 0.717) is 12.8 Å². The monoisotopic (exact) mass is 371 g/mol. The van der Waals surface area contributed by atoms with Gasteiger partial charge in [-0.25, -0.2) is 0 Å². The SMILES string of the molecule is CCOC(=O)C1(C(=O)OCC)COC2(CC(C)(C)N(C)C(C)(C)C2)OC1. The molecule has 0 amide bonds. The molecule has 2 saturated heterocycles. The van der Waals surface area contributed by atoms with Crippen molar-refractivity contribution in [2.75, 3.05) is 33.5 Å². The third-order valence-corrected chi connectivity index (χ3v) is 5.72. The molecular formula is C19H33NO6. The Morgan fingerprint density at radius 2 is 1.27 bits per heavy atom. The van der Waals surface area contributed by atoms with Crippen molar-refractivity contribution in [1.29, 1.82) is 0 Å². The summed E-state index contributed by atoms with van der Waals surface area (Å²) in [6.07, 6.45) is 1.28. The zero-order valence-corrected chi connectivity index (χ0v) is 17.1. The van der Waals surface area contributed by atoms with Gasteiger partial charge < -0.3 is 18.9 Å². The van der Waals surface area contributed by atoms with E-state index in [4.69, 9.17) is 18.9 Å². The second-order valence-corrected chi connectivity index (χ2v) is 8.55. The van der Waals surface area contributed by atoms with E-state index in [2.05, 4.69) is 39.6 Å². The van der Waals surface area contributed by atoms with E-state index in [1.54, 1.807) is 13.8 Å². The summed E-state index contributed by atoms with van der Waals surface area (Å²) >= 11 is 0. The second kappa shape index (κ2) is 7.09. The van der Waals surface area contributed by atoms with Crippen molar-refractivity contribution in [3.63, 3.8) is 0 Å². The van der Waals surface area contributed by atoms with Crippen LogP contribution in [0.5, 0.6) is 0 Å². The highest BCUT2D eigenvalue weighted by Crippen LogP contribution is 2.48. The molecule has 0 saturated carbocycles. The number of hydrogen-bond acceptors (Lipinski definition) is 7. The number of ether oxygens (including phenoxy) is 4. The summed E-state index contributed by atoms with van der Waals surface area (Å²) in [5, 5.41) is 0. The molecule has 2 fully saturated rings. The predicted molar refractivity (Wildman–Crippen MR) is 95.5 cm³/mol. The Balaban J connectivity index is 2.26. The van der Waals surface area contributed by atoms with Crippen LogP contribution in [-0.2, 0) is 28.5 Å². The predicted octanol–water partition coefficient (Wildman–Crippen LogP) is 2.12. The van der Waals surface area contributed by atoms with Crippen LogP contribution >= 0.6 is 0 Å². The van der Waals surface area contributed by atoms with Gasteiger partial charge in [-0.2, -0.15) is 0 Å². The molecule has 0 radical (unpaired) electrons. The number of nitrogens with zero attached hydrogens (tertiary/aromatic N) is 1. The lowest BCUT2D eigenvalue weighted by molar-refractivity contribution is -0.335. The largest absolute Gasteiger partial charge is 0.465 e. The third kappa shape index (κ3) is 3.62. The van der Waals surface area contributed by atoms with Crippen molar-refractivity contribution in [2.24, 2.45) is 5.41 Å². The van der Waals surface area contributed by atoms with Gasteiger partial charge in [-0.1, -0.05) is 0 Å². The van der Waals surface area contributed by atoms with E-state index in [1.807, 2.05) is 0 Å². The molecule has 0 aromatic heterocycles. The van der Waals surface area contributed by atoms with Crippen LogP contribution in [0.15, 0.2) is 0 Å². The molecule has 2 aliphatic heterocycles. The molecule has 7 nitrogen and oxygen atoms in total. The molecule has 0 aliphatic carbocycles. The lowest BCUT2D eigenvalue weighted by Gasteiger charge is -2.59. The van der Waals surface area contributed by atoms with Gasteiger partial charge in [0.2, 0.25) is 5.41 Å². The molecular weight excluding hydrogens is 338 g/mol. The summed E-state index contributed by atoms with van der Waals surface area (Å²) < 4.78 is 22.5. The van der Waals surface area contributed by atoms with Gasteiger partial charge in [-0.15, -0.1) is 0 Å². The maximum absolute atomic E-state index is 12.5.